The number of carbonyl (C=O) groups is 1. The maximum atomic E-state index is 12.2. The van der Waals surface area contributed by atoms with Gasteiger partial charge in [0.15, 0.2) is 6.29 Å². The van der Waals surface area contributed by atoms with Crippen LogP contribution in [0, 0.1) is 0 Å². The second-order valence-electron chi connectivity index (χ2n) is 7.26. The summed E-state index contributed by atoms with van der Waals surface area (Å²) in [6, 6.07) is 9.68. The Hall–Kier alpha value is -1.55. The molecule has 1 fully saturated rings. The zero-order valence-corrected chi connectivity index (χ0v) is 16.7. The van der Waals surface area contributed by atoms with Gasteiger partial charge in [-0.2, -0.15) is 0 Å². The van der Waals surface area contributed by atoms with Crippen molar-refractivity contribution < 1.29 is 39.4 Å². The summed E-state index contributed by atoms with van der Waals surface area (Å²) >= 11 is 0. The minimum atomic E-state index is -1.53. The topological polar surface area (TPSA) is 126 Å². The number of aryl methyl sites for hydroxylation is 1. The molecule has 6 atom stereocenters. The smallest absolute Gasteiger partial charge is 0.308 e. The monoisotopic (exact) mass is 412 g/mol. The fourth-order valence-electron chi connectivity index (χ4n) is 3.14. The predicted molar refractivity (Wildman–Crippen MR) is 104 cm³/mol. The summed E-state index contributed by atoms with van der Waals surface area (Å²) in [5.41, 5.74) is 1.06. The van der Waals surface area contributed by atoms with Gasteiger partial charge in [0, 0.05) is 0 Å². The number of hydrogen-bond acceptors (Lipinski definition) is 8. The highest BCUT2D eigenvalue weighted by Gasteiger charge is 2.44. The van der Waals surface area contributed by atoms with Crippen molar-refractivity contribution >= 4 is 5.97 Å². The minimum absolute atomic E-state index is 0.0361. The van der Waals surface area contributed by atoms with E-state index in [4.69, 9.17) is 14.2 Å². The van der Waals surface area contributed by atoms with E-state index in [0.717, 1.165) is 18.4 Å². The summed E-state index contributed by atoms with van der Waals surface area (Å²) in [7, 11) is 0. The first-order valence-electron chi connectivity index (χ1n) is 10.1. The number of benzene rings is 1. The summed E-state index contributed by atoms with van der Waals surface area (Å²) in [5.74, 6) is -0.416. The average molecular weight is 412 g/mol. The Labute approximate surface area is 171 Å². The lowest BCUT2D eigenvalue weighted by molar-refractivity contribution is -0.311. The van der Waals surface area contributed by atoms with E-state index in [-0.39, 0.29) is 6.42 Å². The lowest BCUT2D eigenvalue weighted by Crippen LogP contribution is -2.59. The summed E-state index contributed by atoms with van der Waals surface area (Å²) in [5, 5.41) is 39.4. The third kappa shape index (κ3) is 7.33. The first-order valence-corrected chi connectivity index (χ1v) is 10.1. The SMILES string of the molecule is CCCCOC(=O)C[C@@H](CCc1ccccc1)O[C@@H]1O[C@H](CO)[C@@H](O)[C@H](O)[C@H]1O. The number of ether oxygens (including phenoxy) is 3. The zero-order chi connectivity index (χ0) is 21.2. The van der Waals surface area contributed by atoms with E-state index in [1.165, 1.54) is 0 Å². The highest BCUT2D eigenvalue weighted by atomic mass is 16.7. The van der Waals surface area contributed by atoms with Gasteiger partial charge in [-0.3, -0.25) is 4.79 Å². The molecule has 0 aromatic heterocycles. The van der Waals surface area contributed by atoms with Crippen LogP contribution in [-0.2, 0) is 25.4 Å². The Morgan fingerprint density at radius 3 is 2.52 bits per heavy atom. The molecule has 1 aromatic rings. The first kappa shape index (κ1) is 23.7. The lowest BCUT2D eigenvalue weighted by atomic mass is 9.99. The van der Waals surface area contributed by atoms with Crippen molar-refractivity contribution in [1.82, 2.24) is 0 Å². The second kappa shape index (κ2) is 12.2. The molecule has 8 nitrogen and oxygen atoms in total. The molecule has 8 heteroatoms. The molecule has 0 unspecified atom stereocenters. The van der Waals surface area contributed by atoms with Crippen molar-refractivity contribution in [2.24, 2.45) is 0 Å². The Kier molecular flexibility index (Phi) is 9.99. The van der Waals surface area contributed by atoms with Crippen LogP contribution in [0.1, 0.15) is 38.2 Å². The Balaban J connectivity index is 2.01. The van der Waals surface area contributed by atoms with Crippen LogP contribution >= 0.6 is 0 Å². The predicted octanol–water partition coefficient (Wildman–Crippen LogP) is 0.538. The van der Waals surface area contributed by atoms with E-state index < -0.39 is 49.4 Å². The molecule has 1 aliphatic rings. The summed E-state index contributed by atoms with van der Waals surface area (Å²) < 4.78 is 16.4. The quantitative estimate of drug-likeness (QED) is 0.306. The van der Waals surface area contributed by atoms with E-state index in [0.29, 0.717) is 19.4 Å². The van der Waals surface area contributed by atoms with Gasteiger partial charge in [0.25, 0.3) is 0 Å². The number of unbranched alkanes of at least 4 members (excludes halogenated alkanes) is 1. The standard InChI is InChI=1S/C21H32O8/c1-2-3-11-27-17(23)12-15(10-9-14-7-5-4-6-8-14)28-21-20(26)19(25)18(24)16(13-22)29-21/h4-8,15-16,18-22,24-26H,2-3,9-13H2,1H3/t15-,16-,18-,19+,20-,21-/m1/s1. The average Bonchev–Trinajstić information content (AvgIpc) is 2.73. The molecule has 29 heavy (non-hydrogen) atoms. The summed E-state index contributed by atoms with van der Waals surface area (Å²) in [6.45, 7) is 1.79. The Morgan fingerprint density at radius 2 is 1.86 bits per heavy atom. The Bertz CT molecular complexity index is 594. The molecule has 0 spiro atoms. The van der Waals surface area contributed by atoms with Crippen LogP contribution in [0.5, 0.6) is 0 Å². The number of esters is 1. The maximum absolute atomic E-state index is 12.2. The van der Waals surface area contributed by atoms with E-state index in [1.54, 1.807) is 0 Å². The highest BCUT2D eigenvalue weighted by Crippen LogP contribution is 2.25. The van der Waals surface area contributed by atoms with E-state index >= 15 is 0 Å². The van der Waals surface area contributed by atoms with Gasteiger partial charge in [0.2, 0.25) is 0 Å². The molecule has 2 rings (SSSR count). The van der Waals surface area contributed by atoms with Crippen LogP contribution in [0.15, 0.2) is 30.3 Å². The third-order valence-corrected chi connectivity index (χ3v) is 4.93. The largest absolute Gasteiger partial charge is 0.466 e. The highest BCUT2D eigenvalue weighted by molar-refractivity contribution is 5.69. The van der Waals surface area contributed by atoms with Crippen molar-refractivity contribution in [2.45, 2.75) is 75.8 Å². The number of aliphatic hydroxyl groups is 4. The van der Waals surface area contributed by atoms with Crippen LogP contribution in [0.3, 0.4) is 0 Å². The number of hydrogen-bond donors (Lipinski definition) is 4. The molecule has 4 N–H and O–H groups in total. The van der Waals surface area contributed by atoms with Gasteiger partial charge in [-0.1, -0.05) is 43.7 Å². The van der Waals surface area contributed by atoms with Crippen LogP contribution in [0.25, 0.3) is 0 Å². The number of carbonyl (C=O) groups excluding carboxylic acids is 1. The maximum Gasteiger partial charge on any atom is 0.308 e. The van der Waals surface area contributed by atoms with Gasteiger partial charge in [0.1, 0.15) is 24.4 Å². The molecule has 1 heterocycles. The lowest BCUT2D eigenvalue weighted by Gasteiger charge is -2.40. The molecule has 1 saturated heterocycles. The molecule has 0 saturated carbocycles. The molecule has 1 aliphatic heterocycles. The first-order chi connectivity index (χ1) is 14.0. The fraction of sp³-hybridized carbons (Fsp3) is 0.667. The van der Waals surface area contributed by atoms with E-state index in [1.807, 2.05) is 37.3 Å². The van der Waals surface area contributed by atoms with E-state index in [9.17, 15) is 25.2 Å². The van der Waals surface area contributed by atoms with Gasteiger partial charge in [0.05, 0.1) is 25.7 Å². The van der Waals surface area contributed by atoms with Crippen LogP contribution in [0.2, 0.25) is 0 Å². The molecule has 0 aliphatic carbocycles. The van der Waals surface area contributed by atoms with Crippen LogP contribution in [-0.4, -0.2) is 76.4 Å². The molecule has 1 aromatic carbocycles. The van der Waals surface area contributed by atoms with Gasteiger partial charge >= 0.3 is 5.97 Å². The molecule has 0 amide bonds. The van der Waals surface area contributed by atoms with Crippen LogP contribution in [0.4, 0.5) is 0 Å². The van der Waals surface area contributed by atoms with Gasteiger partial charge in [-0.05, 0) is 24.8 Å². The van der Waals surface area contributed by atoms with Crippen molar-refractivity contribution in [2.75, 3.05) is 13.2 Å². The van der Waals surface area contributed by atoms with Gasteiger partial charge in [-0.25, -0.2) is 0 Å². The normalized spacial score (nSPS) is 28.1. The Morgan fingerprint density at radius 1 is 1.14 bits per heavy atom. The van der Waals surface area contributed by atoms with Crippen molar-refractivity contribution in [3.63, 3.8) is 0 Å². The van der Waals surface area contributed by atoms with Crippen molar-refractivity contribution in [1.29, 1.82) is 0 Å². The zero-order valence-electron chi connectivity index (χ0n) is 16.7. The molecule has 0 radical (unpaired) electrons. The summed E-state index contributed by atoms with van der Waals surface area (Å²) in [4.78, 5) is 12.2. The number of rotatable bonds is 11. The van der Waals surface area contributed by atoms with Gasteiger partial charge in [-0.15, -0.1) is 0 Å². The van der Waals surface area contributed by atoms with Crippen molar-refractivity contribution in [3.05, 3.63) is 35.9 Å². The summed E-state index contributed by atoms with van der Waals surface area (Å²) in [6.07, 6.45) is -4.75. The molecule has 0 bridgehead atoms. The molecular weight excluding hydrogens is 380 g/mol. The molecular formula is C21H32O8. The number of aliphatic hydroxyl groups excluding tert-OH is 4. The third-order valence-electron chi connectivity index (χ3n) is 4.93. The van der Waals surface area contributed by atoms with Crippen LogP contribution < -0.4 is 0 Å². The second-order valence-corrected chi connectivity index (χ2v) is 7.26. The minimum Gasteiger partial charge on any atom is -0.466 e. The van der Waals surface area contributed by atoms with Gasteiger partial charge < -0.3 is 34.6 Å². The van der Waals surface area contributed by atoms with E-state index in [2.05, 4.69) is 0 Å². The van der Waals surface area contributed by atoms with Crippen molar-refractivity contribution in [3.8, 4) is 0 Å². The molecule has 164 valence electrons. The fourth-order valence-corrected chi connectivity index (χ4v) is 3.14.